The molecule has 0 bridgehead atoms. The molecule has 4 heterocycles. The Kier molecular flexibility index (Phi) is 10.1. The van der Waals surface area contributed by atoms with Crippen LogP contribution in [-0.4, -0.2) is 109 Å². The lowest BCUT2D eigenvalue weighted by Gasteiger charge is -2.30. The number of aliphatic carboxylic acids is 1. The first-order valence-electron chi connectivity index (χ1n) is 12.2. The molecule has 0 spiro atoms. The lowest BCUT2D eigenvalue weighted by molar-refractivity contribution is -0.192. The number of nitrogens with zero attached hydrogens (tertiary/aromatic N) is 4. The van der Waals surface area contributed by atoms with E-state index in [1.165, 1.54) is 10.6 Å². The van der Waals surface area contributed by atoms with Gasteiger partial charge in [-0.3, -0.25) is 9.69 Å². The smallest absolute Gasteiger partial charge is 0.475 e. The molecule has 1 unspecified atom stereocenters. The summed E-state index contributed by atoms with van der Waals surface area (Å²) in [5.41, 5.74) is 1.15. The Morgan fingerprint density at radius 1 is 1.21 bits per heavy atom. The van der Waals surface area contributed by atoms with Gasteiger partial charge in [0.15, 0.2) is 5.69 Å². The normalized spacial score (nSPS) is 19.5. The molecular weight excluding hydrogens is 531 g/mol. The zero-order chi connectivity index (χ0) is 27.9. The van der Waals surface area contributed by atoms with Gasteiger partial charge in [0.25, 0.3) is 5.91 Å². The van der Waals surface area contributed by atoms with E-state index in [9.17, 15) is 26.4 Å². The first-order chi connectivity index (χ1) is 17.9. The van der Waals surface area contributed by atoms with Gasteiger partial charge in [-0.05, 0) is 37.9 Å². The average molecular weight is 564 g/mol. The highest BCUT2D eigenvalue weighted by Crippen LogP contribution is 2.29. The molecule has 0 aliphatic carbocycles. The summed E-state index contributed by atoms with van der Waals surface area (Å²) in [7, 11) is -3.25. The summed E-state index contributed by atoms with van der Waals surface area (Å²) in [6.45, 7) is 5.87. The molecule has 11 nitrogen and oxygen atoms in total. The van der Waals surface area contributed by atoms with Crippen LogP contribution in [0.3, 0.4) is 0 Å². The quantitative estimate of drug-likeness (QED) is 0.485. The van der Waals surface area contributed by atoms with Gasteiger partial charge in [-0.1, -0.05) is 6.07 Å². The predicted molar refractivity (Wildman–Crippen MR) is 131 cm³/mol. The fourth-order valence-corrected chi connectivity index (χ4v) is 5.30. The van der Waals surface area contributed by atoms with Crippen molar-refractivity contribution in [3.63, 3.8) is 0 Å². The number of sulfonamides is 1. The van der Waals surface area contributed by atoms with Crippen molar-refractivity contribution in [1.82, 2.24) is 23.9 Å². The maximum absolute atomic E-state index is 12.9. The zero-order valence-corrected chi connectivity index (χ0v) is 21.8. The lowest BCUT2D eigenvalue weighted by atomic mass is 9.99. The summed E-state index contributed by atoms with van der Waals surface area (Å²) in [5, 5.41) is 10.1. The van der Waals surface area contributed by atoms with E-state index in [0.717, 1.165) is 63.5 Å². The fourth-order valence-electron chi connectivity index (χ4n) is 4.38. The largest absolute Gasteiger partial charge is 0.490 e. The van der Waals surface area contributed by atoms with Crippen LogP contribution in [0.4, 0.5) is 13.2 Å². The van der Waals surface area contributed by atoms with E-state index >= 15 is 0 Å². The molecule has 2 aromatic heterocycles. The molecule has 2 fully saturated rings. The molecule has 4 rings (SSSR count). The van der Waals surface area contributed by atoms with E-state index < -0.39 is 22.2 Å². The summed E-state index contributed by atoms with van der Waals surface area (Å²) in [6.07, 6.45) is 0.556. The predicted octanol–water partition coefficient (Wildman–Crippen LogP) is 1.56. The van der Waals surface area contributed by atoms with Gasteiger partial charge in [0.05, 0.1) is 25.0 Å². The van der Waals surface area contributed by atoms with Crippen molar-refractivity contribution >= 4 is 27.4 Å². The minimum atomic E-state index is -5.08. The van der Waals surface area contributed by atoms with Crippen LogP contribution in [0.15, 0.2) is 24.4 Å². The summed E-state index contributed by atoms with van der Waals surface area (Å²) < 4.78 is 64.6. The Bertz CT molecular complexity index is 1210. The Labute approximate surface area is 218 Å². The number of halogens is 3. The van der Waals surface area contributed by atoms with Crippen molar-refractivity contribution in [2.75, 3.05) is 58.7 Å². The van der Waals surface area contributed by atoms with Crippen LogP contribution in [0, 0.1) is 0 Å². The molecule has 0 radical (unpaired) electrons. The fraction of sp³-hybridized carbons (Fsp3) is 0.609. The van der Waals surface area contributed by atoms with Gasteiger partial charge < -0.3 is 19.6 Å². The summed E-state index contributed by atoms with van der Waals surface area (Å²) in [5.74, 6) is -2.23. The van der Waals surface area contributed by atoms with Crippen LogP contribution in [0.2, 0.25) is 0 Å². The van der Waals surface area contributed by atoms with Crippen LogP contribution >= 0.6 is 0 Å². The summed E-state index contributed by atoms with van der Waals surface area (Å²) in [6, 6.07) is 5.68. The van der Waals surface area contributed by atoms with Crippen molar-refractivity contribution in [2.24, 2.45) is 0 Å². The second kappa shape index (κ2) is 12.9. The SMILES string of the molecule is CS(=O)(=O)N1CCCC(c2nc(C(=O)NCCCN3CCOCC3)c3ccccn23)C1.O=C(O)C(F)(F)F. The van der Waals surface area contributed by atoms with Gasteiger partial charge in [-0.25, -0.2) is 22.5 Å². The van der Waals surface area contributed by atoms with Crippen molar-refractivity contribution in [3.8, 4) is 0 Å². The highest BCUT2D eigenvalue weighted by atomic mass is 32.2. The number of ether oxygens (including phenoxy) is 1. The maximum Gasteiger partial charge on any atom is 0.490 e. The van der Waals surface area contributed by atoms with E-state index in [1.54, 1.807) is 0 Å². The number of imidazole rings is 1. The Morgan fingerprint density at radius 3 is 2.53 bits per heavy atom. The minimum Gasteiger partial charge on any atom is -0.475 e. The van der Waals surface area contributed by atoms with Crippen molar-refractivity contribution in [2.45, 2.75) is 31.4 Å². The number of fused-ring (bicyclic) bond motifs is 1. The number of carboxylic acid groups (broad SMARTS) is 1. The molecule has 2 aliphatic heterocycles. The second-order valence-electron chi connectivity index (χ2n) is 9.10. The van der Waals surface area contributed by atoms with Crippen LogP contribution in [-0.2, 0) is 19.6 Å². The maximum atomic E-state index is 12.9. The standard InChI is InChI=1S/C21H31N5O4S.C2HF3O2/c1-31(28,29)25-10-4-6-17(16-25)20-23-19(18-7-2-3-11-26(18)20)21(27)22-8-5-9-24-12-14-30-15-13-24;3-2(4,5)1(6)7/h2-3,7,11,17H,4-6,8-10,12-16H2,1H3,(H,22,27);(H,6,7). The molecule has 2 saturated heterocycles. The monoisotopic (exact) mass is 563 g/mol. The van der Waals surface area contributed by atoms with Crippen LogP contribution in [0.5, 0.6) is 0 Å². The number of carbonyl (C=O) groups is 2. The lowest BCUT2D eigenvalue weighted by Crippen LogP contribution is -2.38. The van der Waals surface area contributed by atoms with E-state index in [0.29, 0.717) is 25.3 Å². The zero-order valence-electron chi connectivity index (χ0n) is 21.0. The van der Waals surface area contributed by atoms with Crippen LogP contribution < -0.4 is 5.32 Å². The third-order valence-corrected chi connectivity index (χ3v) is 7.56. The number of rotatable bonds is 7. The van der Waals surface area contributed by atoms with E-state index in [1.807, 2.05) is 28.8 Å². The van der Waals surface area contributed by atoms with Gasteiger partial charge in [0.1, 0.15) is 5.82 Å². The van der Waals surface area contributed by atoms with Crippen molar-refractivity contribution in [3.05, 3.63) is 35.9 Å². The van der Waals surface area contributed by atoms with Crippen LogP contribution in [0.1, 0.15) is 41.5 Å². The minimum absolute atomic E-state index is 0.0405. The molecule has 212 valence electrons. The topological polar surface area (TPSA) is 134 Å². The molecule has 2 aliphatic rings. The third-order valence-electron chi connectivity index (χ3n) is 6.29. The first-order valence-corrected chi connectivity index (χ1v) is 14.0. The molecule has 0 saturated carbocycles. The molecule has 1 atom stereocenters. The van der Waals surface area contributed by atoms with Crippen molar-refractivity contribution in [1.29, 1.82) is 0 Å². The van der Waals surface area contributed by atoms with E-state index in [-0.39, 0.29) is 11.8 Å². The average Bonchev–Trinajstić information content (AvgIpc) is 3.26. The number of pyridine rings is 1. The number of carbonyl (C=O) groups excluding carboxylic acids is 1. The van der Waals surface area contributed by atoms with Gasteiger partial charge >= 0.3 is 12.1 Å². The number of amides is 1. The van der Waals surface area contributed by atoms with E-state index in [2.05, 4.69) is 10.2 Å². The van der Waals surface area contributed by atoms with Gasteiger partial charge in [0.2, 0.25) is 10.0 Å². The Morgan fingerprint density at radius 2 is 1.89 bits per heavy atom. The van der Waals surface area contributed by atoms with E-state index in [4.69, 9.17) is 19.6 Å². The summed E-state index contributed by atoms with van der Waals surface area (Å²) >= 11 is 0. The number of carboxylic acids is 1. The van der Waals surface area contributed by atoms with Gasteiger partial charge in [0, 0.05) is 44.8 Å². The number of piperidine rings is 1. The molecule has 2 N–H and O–H groups in total. The molecule has 2 aromatic rings. The number of alkyl halides is 3. The first kappa shape index (κ1) is 29.8. The van der Waals surface area contributed by atoms with Gasteiger partial charge in [-0.15, -0.1) is 0 Å². The number of hydrogen-bond donors (Lipinski definition) is 2. The number of nitrogens with one attached hydrogen (secondary N) is 1. The second-order valence-corrected chi connectivity index (χ2v) is 11.1. The van der Waals surface area contributed by atoms with Crippen LogP contribution in [0.25, 0.3) is 5.52 Å². The van der Waals surface area contributed by atoms with Gasteiger partial charge in [-0.2, -0.15) is 13.2 Å². The molecule has 15 heteroatoms. The third kappa shape index (κ3) is 8.12. The number of aromatic nitrogens is 2. The van der Waals surface area contributed by atoms with Crippen molar-refractivity contribution < 1.29 is 41.0 Å². The number of morpholine rings is 1. The Hall–Kier alpha value is -2.75. The molecule has 38 heavy (non-hydrogen) atoms. The number of hydrogen-bond acceptors (Lipinski definition) is 7. The molecular formula is C23H32F3N5O6S. The highest BCUT2D eigenvalue weighted by molar-refractivity contribution is 7.88. The molecule has 0 aromatic carbocycles. The highest BCUT2D eigenvalue weighted by Gasteiger charge is 2.38. The Balaban J connectivity index is 0.000000505. The summed E-state index contributed by atoms with van der Waals surface area (Å²) in [4.78, 5) is 28.8. The molecule has 1 amide bonds.